The summed E-state index contributed by atoms with van der Waals surface area (Å²) in [6, 6.07) is 4.49. The quantitative estimate of drug-likeness (QED) is 0.555. The van der Waals surface area contributed by atoms with Crippen molar-refractivity contribution in [3.05, 3.63) is 20.8 Å². The van der Waals surface area contributed by atoms with Gasteiger partial charge in [-0.2, -0.15) is 0 Å². The van der Waals surface area contributed by atoms with Crippen LogP contribution in [0.1, 0.15) is 32.1 Å². The van der Waals surface area contributed by atoms with Crippen LogP contribution in [0.25, 0.3) is 0 Å². The van der Waals surface area contributed by atoms with Crippen LogP contribution in [0.5, 0.6) is 0 Å². The maximum Gasteiger partial charge on any atom is 0.225 e. The minimum absolute atomic E-state index is 0.0655. The predicted molar refractivity (Wildman–Crippen MR) is 105 cm³/mol. The molecule has 1 aromatic heterocycles. The van der Waals surface area contributed by atoms with E-state index in [9.17, 15) is 4.79 Å². The summed E-state index contributed by atoms with van der Waals surface area (Å²) in [6.45, 7) is 9.16. The highest BCUT2D eigenvalue weighted by Gasteiger charge is 2.27. The van der Waals surface area contributed by atoms with Gasteiger partial charge >= 0.3 is 0 Å². The molecule has 134 valence electrons. The third kappa shape index (κ3) is 5.77. The van der Waals surface area contributed by atoms with Crippen molar-refractivity contribution in [2.75, 3.05) is 26.2 Å². The van der Waals surface area contributed by atoms with Crippen LogP contribution < -0.4 is 10.6 Å². The molecule has 1 aromatic rings. The van der Waals surface area contributed by atoms with Crippen LogP contribution in [0, 0.1) is 5.92 Å². The first kappa shape index (κ1) is 19.2. The average Bonchev–Trinajstić information content (AvgIpc) is 3.16. The van der Waals surface area contributed by atoms with Crippen molar-refractivity contribution in [2.24, 2.45) is 10.9 Å². The first-order chi connectivity index (χ1) is 11.5. The van der Waals surface area contributed by atoms with E-state index in [4.69, 9.17) is 0 Å². The molecular weight excluding hydrogens is 388 g/mol. The summed E-state index contributed by atoms with van der Waals surface area (Å²) in [4.78, 5) is 20.0. The maximum atomic E-state index is 12.1. The van der Waals surface area contributed by atoms with E-state index in [1.54, 1.807) is 11.3 Å². The zero-order valence-corrected chi connectivity index (χ0v) is 17.0. The molecule has 2 N–H and O–H groups in total. The van der Waals surface area contributed by atoms with Crippen LogP contribution >= 0.6 is 27.3 Å². The number of carbonyl (C=O) groups is 1. The number of thiophene rings is 1. The maximum absolute atomic E-state index is 12.1. The molecule has 0 saturated carbocycles. The smallest absolute Gasteiger partial charge is 0.225 e. The second-order valence-electron chi connectivity index (χ2n) is 6.29. The van der Waals surface area contributed by atoms with Gasteiger partial charge in [0.05, 0.1) is 3.79 Å². The van der Waals surface area contributed by atoms with Crippen LogP contribution in [0.15, 0.2) is 20.9 Å². The minimum atomic E-state index is 0.0655. The number of amides is 1. The van der Waals surface area contributed by atoms with Crippen LogP contribution in [-0.4, -0.2) is 49.0 Å². The van der Waals surface area contributed by atoms with Gasteiger partial charge in [0.1, 0.15) is 0 Å². The van der Waals surface area contributed by atoms with Crippen LogP contribution in [0.4, 0.5) is 0 Å². The van der Waals surface area contributed by atoms with Gasteiger partial charge in [-0.15, -0.1) is 11.3 Å². The number of halogens is 1. The topological polar surface area (TPSA) is 56.7 Å². The third-order valence-corrected chi connectivity index (χ3v) is 5.62. The number of aliphatic imine (C=N–C) groups is 1. The molecule has 24 heavy (non-hydrogen) atoms. The van der Waals surface area contributed by atoms with Gasteiger partial charge in [-0.25, -0.2) is 0 Å². The lowest BCUT2D eigenvalue weighted by Crippen LogP contribution is -2.45. The van der Waals surface area contributed by atoms with Gasteiger partial charge in [0, 0.05) is 49.4 Å². The molecule has 5 nitrogen and oxygen atoms in total. The molecule has 1 aliphatic rings. The lowest BCUT2D eigenvalue weighted by atomic mass is 10.2. The number of nitrogens with one attached hydrogen (secondary N) is 2. The van der Waals surface area contributed by atoms with E-state index >= 15 is 0 Å². The van der Waals surface area contributed by atoms with Crippen molar-refractivity contribution < 1.29 is 4.79 Å². The second kappa shape index (κ2) is 9.42. The molecule has 2 rings (SSSR count). The van der Waals surface area contributed by atoms with Gasteiger partial charge in [0.2, 0.25) is 5.91 Å². The highest BCUT2D eigenvalue weighted by atomic mass is 79.9. The number of hydrogen-bond acceptors (Lipinski definition) is 3. The monoisotopic (exact) mass is 414 g/mol. The fourth-order valence-corrected chi connectivity index (χ4v) is 4.19. The summed E-state index contributed by atoms with van der Waals surface area (Å²) in [7, 11) is 0. The Morgan fingerprint density at radius 3 is 2.92 bits per heavy atom. The molecule has 2 heterocycles. The van der Waals surface area contributed by atoms with E-state index in [1.165, 1.54) is 4.88 Å². The van der Waals surface area contributed by atoms with Crippen molar-refractivity contribution in [1.82, 2.24) is 15.5 Å². The molecule has 0 spiro atoms. The normalized spacial score (nSPS) is 18.3. The molecule has 1 saturated heterocycles. The van der Waals surface area contributed by atoms with Crippen molar-refractivity contribution in [2.45, 2.75) is 39.7 Å². The number of guanidine groups is 1. The summed E-state index contributed by atoms with van der Waals surface area (Å²) in [5.74, 6) is 1.15. The standard InChI is InChI=1S/C17H27BrN4OS/c1-4-19-17(20-9-7-14-5-6-15(18)24-14)21-13-8-10-22(11-13)16(23)12(2)3/h5-6,12-13H,4,7-11H2,1-3H3,(H2,19,20,21). The number of likely N-dealkylation sites (tertiary alicyclic amines) is 1. The van der Waals surface area contributed by atoms with E-state index in [0.717, 1.165) is 48.8 Å². The number of hydrogen-bond donors (Lipinski definition) is 2. The van der Waals surface area contributed by atoms with Gasteiger partial charge in [-0.3, -0.25) is 9.79 Å². The summed E-state index contributed by atoms with van der Waals surface area (Å²) >= 11 is 5.24. The van der Waals surface area contributed by atoms with Gasteiger partial charge in [-0.05, 0) is 41.4 Å². The summed E-state index contributed by atoms with van der Waals surface area (Å²) in [6.07, 6.45) is 1.91. The Kier molecular flexibility index (Phi) is 7.55. The highest BCUT2D eigenvalue weighted by Crippen LogP contribution is 2.22. The molecule has 1 amide bonds. The second-order valence-corrected chi connectivity index (χ2v) is 8.83. The summed E-state index contributed by atoms with van der Waals surface area (Å²) in [5.41, 5.74) is 0. The first-order valence-corrected chi connectivity index (χ1v) is 10.2. The van der Waals surface area contributed by atoms with Crippen molar-refractivity contribution in [1.29, 1.82) is 0 Å². The molecule has 1 aliphatic heterocycles. The van der Waals surface area contributed by atoms with E-state index in [-0.39, 0.29) is 17.9 Å². The number of rotatable bonds is 6. The van der Waals surface area contributed by atoms with Gasteiger partial charge in [0.15, 0.2) is 5.96 Å². The van der Waals surface area contributed by atoms with E-state index in [2.05, 4.69) is 50.6 Å². The Hall–Kier alpha value is -1.08. The molecule has 1 atom stereocenters. The average molecular weight is 415 g/mol. The van der Waals surface area contributed by atoms with Crippen LogP contribution in [0.2, 0.25) is 0 Å². The van der Waals surface area contributed by atoms with Crippen molar-refractivity contribution in [3.63, 3.8) is 0 Å². The Balaban J connectivity index is 1.84. The molecule has 7 heteroatoms. The van der Waals surface area contributed by atoms with Gasteiger partial charge in [-0.1, -0.05) is 13.8 Å². The summed E-state index contributed by atoms with van der Waals surface area (Å²) in [5, 5.41) is 6.77. The van der Waals surface area contributed by atoms with E-state index in [0.29, 0.717) is 0 Å². The van der Waals surface area contributed by atoms with Crippen molar-refractivity contribution >= 4 is 39.1 Å². The third-order valence-electron chi connectivity index (χ3n) is 3.94. The fourth-order valence-electron chi connectivity index (χ4n) is 2.72. The van der Waals surface area contributed by atoms with E-state index in [1.807, 2.05) is 18.7 Å². The Morgan fingerprint density at radius 1 is 1.50 bits per heavy atom. The van der Waals surface area contributed by atoms with E-state index < -0.39 is 0 Å². The minimum Gasteiger partial charge on any atom is -0.357 e. The largest absolute Gasteiger partial charge is 0.357 e. The van der Waals surface area contributed by atoms with Crippen LogP contribution in [0.3, 0.4) is 0 Å². The van der Waals surface area contributed by atoms with Crippen molar-refractivity contribution in [3.8, 4) is 0 Å². The van der Waals surface area contributed by atoms with Crippen LogP contribution in [-0.2, 0) is 11.2 Å². The molecule has 0 bridgehead atoms. The molecule has 1 fully saturated rings. The lowest BCUT2D eigenvalue weighted by Gasteiger charge is -2.20. The lowest BCUT2D eigenvalue weighted by molar-refractivity contribution is -0.133. The fraction of sp³-hybridized carbons (Fsp3) is 0.647. The Morgan fingerprint density at radius 2 is 2.29 bits per heavy atom. The SMILES string of the molecule is CCNC(=NCCc1ccc(Br)s1)NC1CCN(C(=O)C(C)C)C1. The van der Waals surface area contributed by atoms with Gasteiger partial charge in [0.25, 0.3) is 0 Å². The first-order valence-electron chi connectivity index (χ1n) is 8.57. The molecule has 0 aliphatic carbocycles. The zero-order chi connectivity index (χ0) is 17.5. The Bertz CT molecular complexity index is 573. The molecule has 0 radical (unpaired) electrons. The zero-order valence-electron chi connectivity index (χ0n) is 14.6. The highest BCUT2D eigenvalue weighted by molar-refractivity contribution is 9.11. The molecule has 1 unspecified atom stereocenters. The predicted octanol–water partition coefficient (Wildman–Crippen LogP) is 2.87. The van der Waals surface area contributed by atoms with Gasteiger partial charge < -0.3 is 15.5 Å². The molecular formula is C17H27BrN4OS. The summed E-state index contributed by atoms with van der Waals surface area (Å²) < 4.78 is 1.16. The Labute approximate surface area is 157 Å². The number of nitrogens with zero attached hydrogens (tertiary/aromatic N) is 2. The number of carbonyl (C=O) groups excluding carboxylic acids is 1. The molecule has 0 aromatic carbocycles.